The van der Waals surface area contributed by atoms with E-state index in [-0.39, 0.29) is 17.0 Å². The fourth-order valence-corrected chi connectivity index (χ4v) is 3.45. The molecule has 0 saturated carbocycles. The highest BCUT2D eigenvalue weighted by Gasteiger charge is 2.25. The smallest absolute Gasteiger partial charge is 0.345 e. The van der Waals surface area contributed by atoms with Crippen molar-refractivity contribution in [2.24, 2.45) is 7.05 Å². The summed E-state index contributed by atoms with van der Waals surface area (Å²) in [5.41, 5.74) is 2.46. The lowest BCUT2D eigenvalue weighted by Crippen LogP contribution is -2.45. The van der Waals surface area contributed by atoms with Crippen LogP contribution in [0.15, 0.2) is 95.8 Å². The predicted molar refractivity (Wildman–Crippen MR) is 107 cm³/mol. The Hall–Kier alpha value is -3.66. The molecule has 4 rings (SSSR count). The Balaban J connectivity index is 2.02. The summed E-state index contributed by atoms with van der Waals surface area (Å²) >= 11 is 0. The van der Waals surface area contributed by atoms with E-state index in [1.807, 2.05) is 91.0 Å². The summed E-state index contributed by atoms with van der Waals surface area (Å²) in [6.45, 7) is 0. The Bertz CT molecular complexity index is 1150. The van der Waals surface area contributed by atoms with E-state index in [2.05, 4.69) is 0 Å². The van der Waals surface area contributed by atoms with Gasteiger partial charge in [0.05, 0.1) is 24.1 Å². The minimum absolute atomic E-state index is 0.261. The Morgan fingerprint density at radius 3 is 1.96 bits per heavy atom. The number of hydrogen-bond donors (Lipinski definition) is 0. The number of nitrogens with zero attached hydrogens (tertiary/aromatic N) is 2. The van der Waals surface area contributed by atoms with Gasteiger partial charge >= 0.3 is 5.56 Å². The van der Waals surface area contributed by atoms with E-state index in [9.17, 15) is 9.90 Å². The van der Waals surface area contributed by atoms with Gasteiger partial charge in [-0.25, -0.2) is 9.36 Å². The van der Waals surface area contributed by atoms with Crippen LogP contribution in [0.2, 0.25) is 0 Å². The van der Waals surface area contributed by atoms with Crippen LogP contribution in [0.5, 0.6) is 5.88 Å². The van der Waals surface area contributed by atoms with Crippen molar-refractivity contribution in [1.82, 2.24) is 4.57 Å². The molecule has 0 atom stereocenters. The first-order valence-corrected chi connectivity index (χ1v) is 9.16. The molecule has 0 spiro atoms. The summed E-state index contributed by atoms with van der Waals surface area (Å²) in [7, 11) is 1.72. The molecule has 0 saturated heterocycles. The summed E-state index contributed by atoms with van der Waals surface area (Å²) in [5, 5.41) is 13.1. The first-order valence-electron chi connectivity index (χ1n) is 9.16. The highest BCUT2D eigenvalue weighted by atomic mass is 16.3. The zero-order valence-electron chi connectivity index (χ0n) is 15.6. The van der Waals surface area contributed by atoms with E-state index >= 15 is 0 Å². The van der Waals surface area contributed by atoms with Gasteiger partial charge in [0.2, 0.25) is 0 Å². The van der Waals surface area contributed by atoms with Crippen LogP contribution in [-0.4, -0.2) is 4.57 Å². The molecule has 3 aromatic carbocycles. The van der Waals surface area contributed by atoms with Crippen molar-refractivity contribution in [1.29, 1.82) is 0 Å². The number of benzene rings is 3. The topological polar surface area (TPSA) is 48.9 Å². The number of hydrogen-bond acceptors (Lipinski definition) is 2. The molecule has 0 unspecified atom stereocenters. The van der Waals surface area contributed by atoms with Crippen molar-refractivity contribution >= 4 is 0 Å². The zero-order chi connectivity index (χ0) is 19.5. The van der Waals surface area contributed by atoms with Gasteiger partial charge in [0.25, 0.3) is 5.82 Å². The van der Waals surface area contributed by atoms with Crippen molar-refractivity contribution in [3.8, 4) is 23.0 Å². The lowest BCUT2D eigenvalue weighted by Gasteiger charge is -2.18. The highest BCUT2D eigenvalue weighted by molar-refractivity contribution is 5.56. The largest absolute Gasteiger partial charge is 0.842 e. The van der Waals surface area contributed by atoms with Gasteiger partial charge in [0.1, 0.15) is 5.69 Å². The molecule has 4 aromatic rings. The number of para-hydroxylation sites is 1. The van der Waals surface area contributed by atoms with Crippen molar-refractivity contribution in [2.45, 2.75) is 6.42 Å². The van der Waals surface area contributed by atoms with E-state index in [1.54, 1.807) is 16.2 Å². The summed E-state index contributed by atoms with van der Waals surface area (Å²) in [4.78, 5) is 13.5. The molecule has 0 radical (unpaired) electrons. The molecular formula is C24H20N2O2. The van der Waals surface area contributed by atoms with Crippen molar-refractivity contribution < 1.29 is 9.67 Å². The highest BCUT2D eigenvalue weighted by Crippen LogP contribution is 2.21. The van der Waals surface area contributed by atoms with Crippen molar-refractivity contribution in [3.05, 3.63) is 112 Å². The molecule has 0 aliphatic heterocycles. The molecule has 0 bridgehead atoms. The van der Waals surface area contributed by atoms with Gasteiger partial charge in [-0.2, -0.15) is 4.57 Å². The van der Waals surface area contributed by atoms with Gasteiger partial charge in [-0.05, 0) is 29.8 Å². The lowest BCUT2D eigenvalue weighted by molar-refractivity contribution is -0.708. The standard InChI is InChI=1S/C24H20N2O2/c1-25-22(19-13-7-3-8-14-19)26(20-15-9-4-10-16-20)24(28)21(23(25)27)17-18-11-5-2-6-12-18/h2-16H,17H2,1H3. The molecule has 4 heteroatoms. The van der Waals surface area contributed by atoms with Crippen LogP contribution in [0.1, 0.15) is 11.1 Å². The van der Waals surface area contributed by atoms with Crippen LogP contribution in [0.4, 0.5) is 0 Å². The average Bonchev–Trinajstić information content (AvgIpc) is 2.75. The van der Waals surface area contributed by atoms with Gasteiger partial charge in [0, 0.05) is 6.42 Å². The maximum atomic E-state index is 13.5. The van der Waals surface area contributed by atoms with E-state index in [4.69, 9.17) is 0 Å². The number of aromatic nitrogens is 2. The molecule has 4 nitrogen and oxygen atoms in total. The van der Waals surface area contributed by atoms with Gasteiger partial charge in [-0.1, -0.05) is 66.7 Å². The fraction of sp³-hybridized carbons (Fsp3) is 0.0833. The summed E-state index contributed by atoms with van der Waals surface area (Å²) in [5.74, 6) is 0.304. The second kappa shape index (κ2) is 7.53. The van der Waals surface area contributed by atoms with Gasteiger partial charge in [0.15, 0.2) is 0 Å². The normalized spacial score (nSPS) is 10.8. The minimum atomic E-state index is -0.281. The molecule has 1 heterocycles. The second-order valence-electron chi connectivity index (χ2n) is 6.67. The Morgan fingerprint density at radius 1 is 0.821 bits per heavy atom. The van der Waals surface area contributed by atoms with E-state index in [0.717, 1.165) is 16.8 Å². The van der Waals surface area contributed by atoms with E-state index < -0.39 is 0 Å². The molecular weight excluding hydrogens is 348 g/mol. The molecule has 28 heavy (non-hydrogen) atoms. The molecule has 0 aliphatic carbocycles. The third kappa shape index (κ3) is 3.21. The molecule has 0 N–H and O–H groups in total. The fourth-order valence-electron chi connectivity index (χ4n) is 3.45. The quantitative estimate of drug-likeness (QED) is 0.520. The molecule has 1 aromatic heterocycles. The van der Waals surface area contributed by atoms with Gasteiger partial charge < -0.3 is 5.11 Å². The van der Waals surface area contributed by atoms with Crippen LogP contribution in [-0.2, 0) is 13.5 Å². The van der Waals surface area contributed by atoms with Crippen LogP contribution in [0, 0.1) is 0 Å². The average molecular weight is 368 g/mol. The second-order valence-corrected chi connectivity index (χ2v) is 6.67. The van der Waals surface area contributed by atoms with Crippen LogP contribution < -0.4 is 15.2 Å². The molecule has 138 valence electrons. The zero-order valence-corrected chi connectivity index (χ0v) is 15.6. The SMILES string of the molecule is C[n+]1c([O-])c(Cc2ccccc2)c(=O)n(-c2ccccc2)c1-c1ccccc1. The van der Waals surface area contributed by atoms with Crippen LogP contribution in [0.3, 0.4) is 0 Å². The Morgan fingerprint density at radius 2 is 1.36 bits per heavy atom. The van der Waals surface area contributed by atoms with Crippen molar-refractivity contribution in [2.75, 3.05) is 0 Å². The summed E-state index contributed by atoms with van der Waals surface area (Å²) in [6, 6.07) is 28.6. The van der Waals surface area contributed by atoms with Crippen LogP contribution >= 0.6 is 0 Å². The first kappa shape index (κ1) is 17.7. The summed E-state index contributed by atoms with van der Waals surface area (Å²) < 4.78 is 3.21. The lowest BCUT2D eigenvalue weighted by atomic mass is 10.1. The third-order valence-corrected chi connectivity index (χ3v) is 4.82. The maximum absolute atomic E-state index is 13.5. The molecule has 0 aliphatic rings. The third-order valence-electron chi connectivity index (χ3n) is 4.82. The Kier molecular flexibility index (Phi) is 4.77. The van der Waals surface area contributed by atoms with Crippen molar-refractivity contribution in [3.63, 3.8) is 0 Å². The van der Waals surface area contributed by atoms with Gasteiger partial charge in [-0.3, -0.25) is 0 Å². The molecule has 0 fully saturated rings. The summed E-state index contributed by atoms with van der Waals surface area (Å²) in [6.07, 6.45) is 0.300. The number of rotatable bonds is 4. The molecule has 0 amide bonds. The van der Waals surface area contributed by atoms with Crippen LogP contribution in [0.25, 0.3) is 17.1 Å². The van der Waals surface area contributed by atoms with E-state index in [1.165, 1.54) is 0 Å². The van der Waals surface area contributed by atoms with E-state index in [0.29, 0.717) is 12.2 Å². The predicted octanol–water partition coefficient (Wildman–Crippen LogP) is 2.99. The first-order chi connectivity index (χ1) is 13.7. The maximum Gasteiger partial charge on any atom is 0.345 e. The van der Waals surface area contributed by atoms with Gasteiger partial charge in [-0.15, -0.1) is 0 Å². The Labute approximate surface area is 163 Å². The minimum Gasteiger partial charge on any atom is -0.842 e. The monoisotopic (exact) mass is 368 g/mol.